The summed E-state index contributed by atoms with van der Waals surface area (Å²) in [5.74, 6) is -1.20. The normalized spacial score (nSPS) is 17.8. The highest BCUT2D eigenvalue weighted by atomic mass is 16.5. The van der Waals surface area contributed by atoms with Gasteiger partial charge in [-0.25, -0.2) is 4.79 Å². The van der Waals surface area contributed by atoms with Crippen LogP contribution >= 0.6 is 0 Å². The number of amides is 2. The molecule has 0 spiro atoms. The summed E-state index contributed by atoms with van der Waals surface area (Å²) in [6, 6.07) is 3.93. The van der Waals surface area contributed by atoms with Gasteiger partial charge in [-0.05, 0) is 18.1 Å². The molecule has 0 saturated carbocycles. The van der Waals surface area contributed by atoms with Crippen LogP contribution in [0.3, 0.4) is 0 Å². The molecule has 2 amide bonds. The van der Waals surface area contributed by atoms with E-state index in [-0.39, 0.29) is 31.5 Å². The number of carboxylic acid groups (broad SMARTS) is 1. The lowest BCUT2D eigenvalue weighted by Crippen LogP contribution is -2.56. The number of carboxylic acids is 1. The second-order valence-electron chi connectivity index (χ2n) is 6.78. The predicted molar refractivity (Wildman–Crippen MR) is 99.6 cm³/mol. The van der Waals surface area contributed by atoms with Crippen molar-refractivity contribution in [1.29, 1.82) is 0 Å². The first-order valence-corrected chi connectivity index (χ1v) is 8.94. The molecule has 0 aromatic heterocycles. The van der Waals surface area contributed by atoms with E-state index in [0.717, 1.165) is 0 Å². The van der Waals surface area contributed by atoms with Crippen LogP contribution in [-0.2, 0) is 14.3 Å². The molecule has 0 radical (unpaired) electrons. The van der Waals surface area contributed by atoms with Gasteiger partial charge in [0.15, 0.2) is 6.10 Å². The number of methoxy groups -OCH3 is 2. The van der Waals surface area contributed by atoms with Crippen molar-refractivity contribution in [3.8, 4) is 11.5 Å². The van der Waals surface area contributed by atoms with E-state index >= 15 is 0 Å². The van der Waals surface area contributed by atoms with E-state index < -0.39 is 24.0 Å². The van der Waals surface area contributed by atoms with Crippen molar-refractivity contribution in [2.45, 2.75) is 26.0 Å². The zero-order valence-corrected chi connectivity index (χ0v) is 16.4. The summed E-state index contributed by atoms with van der Waals surface area (Å²) in [5.41, 5.74) is 0.292. The summed E-state index contributed by atoms with van der Waals surface area (Å²) in [6.07, 6.45) is -1.07. The van der Waals surface area contributed by atoms with Crippen molar-refractivity contribution in [3.63, 3.8) is 0 Å². The first kappa shape index (κ1) is 21.5. The number of aliphatic carboxylic acids is 1. The molecule has 154 valence electrons. The Hall–Kier alpha value is -2.81. The minimum absolute atomic E-state index is 0.0553. The molecule has 1 heterocycles. The van der Waals surface area contributed by atoms with Crippen LogP contribution in [0.4, 0.5) is 0 Å². The molecule has 9 nitrogen and oxygen atoms in total. The molecule has 1 aromatic carbocycles. The molecule has 2 unspecified atom stereocenters. The topological polar surface area (TPSA) is 114 Å². The summed E-state index contributed by atoms with van der Waals surface area (Å²) in [7, 11) is 2.96. The average Bonchev–Trinajstić information content (AvgIpc) is 2.70. The second-order valence-corrected chi connectivity index (χ2v) is 6.78. The first-order valence-electron chi connectivity index (χ1n) is 8.94. The predicted octanol–water partition coefficient (Wildman–Crippen LogP) is 0.770. The largest absolute Gasteiger partial charge is 0.497 e. The van der Waals surface area contributed by atoms with Crippen molar-refractivity contribution in [1.82, 2.24) is 10.2 Å². The van der Waals surface area contributed by atoms with Crippen molar-refractivity contribution in [2.75, 3.05) is 33.9 Å². The zero-order valence-electron chi connectivity index (χ0n) is 16.4. The molecule has 9 heteroatoms. The second kappa shape index (κ2) is 9.41. The zero-order chi connectivity index (χ0) is 20.8. The van der Waals surface area contributed by atoms with Crippen molar-refractivity contribution in [2.24, 2.45) is 5.92 Å². The molecule has 2 atom stereocenters. The third kappa shape index (κ3) is 5.13. The van der Waals surface area contributed by atoms with Gasteiger partial charge in [-0.3, -0.25) is 9.59 Å². The third-order valence-corrected chi connectivity index (χ3v) is 4.49. The molecule has 2 N–H and O–H groups in total. The van der Waals surface area contributed by atoms with Crippen LogP contribution < -0.4 is 14.8 Å². The maximum Gasteiger partial charge on any atom is 0.334 e. The lowest BCUT2D eigenvalue weighted by molar-refractivity contribution is -0.160. The summed E-state index contributed by atoms with van der Waals surface area (Å²) in [4.78, 5) is 38.2. The van der Waals surface area contributed by atoms with Crippen molar-refractivity contribution >= 4 is 17.8 Å². The van der Waals surface area contributed by atoms with E-state index in [0.29, 0.717) is 17.1 Å². The molecule has 1 saturated heterocycles. The Morgan fingerprint density at radius 3 is 2.29 bits per heavy atom. The van der Waals surface area contributed by atoms with E-state index in [1.54, 1.807) is 18.2 Å². The number of nitrogens with zero attached hydrogens (tertiary/aromatic N) is 1. The Kier molecular flexibility index (Phi) is 7.22. The fraction of sp³-hybridized carbons (Fsp3) is 0.526. The number of morpholine rings is 1. The number of hydrogen-bond donors (Lipinski definition) is 2. The van der Waals surface area contributed by atoms with Crippen LogP contribution in [0.2, 0.25) is 0 Å². The van der Waals surface area contributed by atoms with E-state index in [1.807, 2.05) is 13.8 Å². The molecule has 28 heavy (non-hydrogen) atoms. The number of benzene rings is 1. The maximum atomic E-state index is 12.9. The van der Waals surface area contributed by atoms with E-state index in [1.165, 1.54) is 19.1 Å². The highest BCUT2D eigenvalue weighted by Gasteiger charge is 2.34. The molecular formula is C19H26N2O7. The van der Waals surface area contributed by atoms with E-state index in [4.69, 9.17) is 19.3 Å². The van der Waals surface area contributed by atoms with Gasteiger partial charge in [-0.1, -0.05) is 13.8 Å². The average molecular weight is 394 g/mol. The van der Waals surface area contributed by atoms with Gasteiger partial charge in [-0.15, -0.1) is 0 Å². The van der Waals surface area contributed by atoms with Gasteiger partial charge in [0, 0.05) is 18.2 Å². The molecule has 0 bridgehead atoms. The SMILES string of the molecule is COc1cc(OC)cc(C(=O)NC(C(=O)N2CCOC(C(=O)O)C2)C(C)C)c1. The summed E-state index contributed by atoms with van der Waals surface area (Å²) >= 11 is 0. The van der Waals surface area contributed by atoms with Crippen LogP contribution in [0.1, 0.15) is 24.2 Å². The molecule has 2 rings (SSSR count). The fourth-order valence-corrected chi connectivity index (χ4v) is 2.87. The number of hydrogen-bond acceptors (Lipinski definition) is 6. The van der Waals surface area contributed by atoms with Crippen LogP contribution in [0.25, 0.3) is 0 Å². The molecule has 1 fully saturated rings. The van der Waals surface area contributed by atoms with Gasteiger partial charge < -0.3 is 29.5 Å². The first-order chi connectivity index (χ1) is 13.3. The Bertz CT molecular complexity index is 713. The van der Waals surface area contributed by atoms with Crippen LogP contribution in [0.15, 0.2) is 18.2 Å². The summed E-state index contributed by atoms with van der Waals surface area (Å²) in [5, 5.41) is 11.9. The lowest BCUT2D eigenvalue weighted by Gasteiger charge is -2.34. The number of carbonyl (C=O) groups excluding carboxylic acids is 2. The standard InChI is InChI=1S/C19H26N2O7/c1-11(2)16(18(23)21-5-6-28-15(10-21)19(24)25)20-17(22)12-7-13(26-3)9-14(8-12)27-4/h7-9,11,15-16H,5-6,10H2,1-4H3,(H,20,22)(H,24,25). The summed E-state index contributed by atoms with van der Waals surface area (Å²) in [6.45, 7) is 3.97. The van der Waals surface area contributed by atoms with Gasteiger partial charge in [0.05, 0.1) is 27.4 Å². The van der Waals surface area contributed by atoms with Crippen LogP contribution in [-0.4, -0.2) is 73.9 Å². The molecular weight excluding hydrogens is 368 g/mol. The molecule has 0 aliphatic carbocycles. The van der Waals surface area contributed by atoms with Gasteiger partial charge in [0.1, 0.15) is 17.5 Å². The smallest absolute Gasteiger partial charge is 0.334 e. The van der Waals surface area contributed by atoms with Gasteiger partial charge >= 0.3 is 5.97 Å². The van der Waals surface area contributed by atoms with E-state index in [2.05, 4.69) is 5.32 Å². The Labute approximate surface area is 163 Å². The van der Waals surface area contributed by atoms with Gasteiger partial charge in [0.25, 0.3) is 5.91 Å². The van der Waals surface area contributed by atoms with Crippen molar-refractivity contribution in [3.05, 3.63) is 23.8 Å². The minimum Gasteiger partial charge on any atom is -0.497 e. The van der Waals surface area contributed by atoms with Gasteiger partial charge in [-0.2, -0.15) is 0 Å². The number of nitrogens with one attached hydrogen (secondary N) is 1. The summed E-state index contributed by atoms with van der Waals surface area (Å²) < 4.78 is 15.5. The Morgan fingerprint density at radius 1 is 1.18 bits per heavy atom. The van der Waals surface area contributed by atoms with Crippen molar-refractivity contribution < 1.29 is 33.7 Å². The Morgan fingerprint density at radius 2 is 1.79 bits per heavy atom. The molecule has 1 aliphatic rings. The molecule has 1 aromatic rings. The molecule has 1 aliphatic heterocycles. The highest BCUT2D eigenvalue weighted by Crippen LogP contribution is 2.23. The van der Waals surface area contributed by atoms with E-state index in [9.17, 15) is 14.4 Å². The van der Waals surface area contributed by atoms with Gasteiger partial charge in [0.2, 0.25) is 5.91 Å². The van der Waals surface area contributed by atoms with Crippen LogP contribution in [0.5, 0.6) is 11.5 Å². The number of carbonyl (C=O) groups is 3. The minimum atomic E-state index is -1.12. The lowest BCUT2D eigenvalue weighted by atomic mass is 10.0. The Balaban J connectivity index is 2.17. The number of ether oxygens (including phenoxy) is 3. The fourth-order valence-electron chi connectivity index (χ4n) is 2.87. The number of rotatable bonds is 7. The quantitative estimate of drug-likeness (QED) is 0.702. The third-order valence-electron chi connectivity index (χ3n) is 4.49. The highest BCUT2D eigenvalue weighted by molar-refractivity contribution is 5.98. The monoisotopic (exact) mass is 394 g/mol. The maximum absolute atomic E-state index is 12.9. The van der Waals surface area contributed by atoms with Crippen LogP contribution in [0, 0.1) is 5.92 Å².